The monoisotopic (exact) mass is 519 g/mol. The first-order chi connectivity index (χ1) is 16.8. The molecule has 1 saturated heterocycles. The van der Waals surface area contributed by atoms with Crippen molar-refractivity contribution in [2.24, 2.45) is 5.92 Å². The molecule has 1 aliphatic carbocycles. The van der Waals surface area contributed by atoms with Crippen LogP contribution in [0.15, 0.2) is 23.3 Å². The van der Waals surface area contributed by atoms with Crippen molar-refractivity contribution in [1.29, 1.82) is 0 Å². The first-order valence-corrected chi connectivity index (χ1v) is 11.2. The van der Waals surface area contributed by atoms with Crippen molar-refractivity contribution in [2.45, 2.75) is 44.2 Å². The Balaban J connectivity index is 1.25. The number of piperazine rings is 1. The maximum Gasteiger partial charge on any atom is 0.421 e. The summed E-state index contributed by atoms with van der Waals surface area (Å²) >= 11 is 0. The van der Waals surface area contributed by atoms with Crippen LogP contribution in [-0.4, -0.2) is 63.2 Å². The van der Waals surface area contributed by atoms with Crippen LogP contribution in [0, 0.1) is 5.92 Å². The predicted molar refractivity (Wildman–Crippen MR) is 114 cm³/mol. The Morgan fingerprint density at radius 1 is 1.06 bits per heavy atom. The molecule has 36 heavy (non-hydrogen) atoms. The number of nitrogens with one attached hydrogen (secondary N) is 2. The molecule has 2 N–H and O–H groups in total. The molecule has 196 valence electrons. The summed E-state index contributed by atoms with van der Waals surface area (Å²) < 4.78 is 76.9. The molecule has 1 unspecified atom stereocenters. The second-order valence-electron chi connectivity index (χ2n) is 8.87. The number of alkyl halides is 6. The molecule has 1 atom stereocenters. The predicted octanol–water partition coefficient (Wildman–Crippen LogP) is 2.38. The van der Waals surface area contributed by atoms with Gasteiger partial charge < -0.3 is 15.1 Å². The first kappa shape index (κ1) is 25.9. The molecular formula is C21H23F6N7O2. The zero-order valence-electron chi connectivity index (χ0n) is 19.0. The molecule has 1 saturated carbocycles. The molecule has 2 fully saturated rings. The molecule has 4 rings (SSSR count). The summed E-state index contributed by atoms with van der Waals surface area (Å²) in [7, 11) is 0. The third-order valence-corrected chi connectivity index (χ3v) is 6.39. The fraction of sp³-hybridized carbons (Fsp3) is 0.571. The summed E-state index contributed by atoms with van der Waals surface area (Å²) in [5.74, 6) is -0.116. The van der Waals surface area contributed by atoms with E-state index in [0.717, 1.165) is 18.5 Å². The number of hydrogen-bond donors (Lipinski definition) is 2. The highest BCUT2D eigenvalue weighted by molar-refractivity contribution is 5.80. The lowest BCUT2D eigenvalue weighted by Gasteiger charge is -2.41. The van der Waals surface area contributed by atoms with E-state index in [1.54, 1.807) is 16.7 Å². The molecule has 2 aromatic heterocycles. The topological polar surface area (TPSA) is 107 Å². The number of rotatable bonds is 5. The van der Waals surface area contributed by atoms with Crippen LogP contribution in [0.5, 0.6) is 0 Å². The van der Waals surface area contributed by atoms with E-state index in [2.05, 4.69) is 20.4 Å². The Kier molecular flexibility index (Phi) is 6.94. The number of nitrogens with zero attached hydrogens (tertiary/aromatic N) is 5. The molecule has 9 nitrogen and oxygen atoms in total. The minimum Gasteiger partial charge on any atom is -0.339 e. The maximum atomic E-state index is 13.0. The molecule has 0 radical (unpaired) electrons. The van der Waals surface area contributed by atoms with Gasteiger partial charge in [0.1, 0.15) is 5.56 Å². The molecule has 0 aromatic carbocycles. The average Bonchev–Trinajstić information content (AvgIpc) is 2.80. The molecule has 15 heteroatoms. The van der Waals surface area contributed by atoms with Gasteiger partial charge in [-0.05, 0) is 25.8 Å². The van der Waals surface area contributed by atoms with E-state index in [1.165, 1.54) is 0 Å². The van der Waals surface area contributed by atoms with Gasteiger partial charge in [-0.3, -0.25) is 9.59 Å². The van der Waals surface area contributed by atoms with Crippen LogP contribution in [0.1, 0.15) is 42.6 Å². The Morgan fingerprint density at radius 2 is 1.67 bits per heavy atom. The van der Waals surface area contributed by atoms with E-state index in [-0.39, 0.29) is 29.5 Å². The molecule has 0 bridgehead atoms. The zero-order chi connectivity index (χ0) is 26.3. The summed E-state index contributed by atoms with van der Waals surface area (Å²) in [5.41, 5.74) is -3.51. The van der Waals surface area contributed by atoms with Gasteiger partial charge in [0.15, 0.2) is 0 Å². The van der Waals surface area contributed by atoms with Crippen molar-refractivity contribution < 1.29 is 31.1 Å². The Labute approximate surface area is 200 Å². The highest BCUT2D eigenvalue weighted by Gasteiger charge is 2.39. The summed E-state index contributed by atoms with van der Waals surface area (Å²) in [4.78, 5) is 35.2. The van der Waals surface area contributed by atoms with Gasteiger partial charge in [-0.15, -0.1) is 0 Å². The standard InChI is InChI=1S/C21H23F6N7O2/c1-11(16-8-15(21(25,26)27)17(35)32-31-16)30-14-6-12(7-14)18(36)33-2-4-34(5-3-33)19-28-9-13(10-29-19)20(22,23)24/h8-12,14,30H,2-7H2,1H3,(H,32,35). The lowest BCUT2D eigenvalue weighted by Crippen LogP contribution is -2.54. The van der Waals surface area contributed by atoms with Gasteiger partial charge >= 0.3 is 12.4 Å². The minimum atomic E-state index is -4.79. The number of halogens is 6. The Hall–Kier alpha value is -3.23. The normalized spacial score (nSPS) is 21.8. The average molecular weight is 519 g/mol. The number of hydrogen-bond acceptors (Lipinski definition) is 7. The second kappa shape index (κ2) is 9.67. The molecule has 3 heterocycles. The van der Waals surface area contributed by atoms with Gasteiger partial charge in [-0.25, -0.2) is 15.1 Å². The van der Waals surface area contributed by atoms with E-state index in [9.17, 15) is 35.9 Å². The number of H-pyrrole nitrogens is 1. The van der Waals surface area contributed by atoms with Crippen LogP contribution in [-0.2, 0) is 17.1 Å². The van der Waals surface area contributed by atoms with Crippen LogP contribution >= 0.6 is 0 Å². The number of amides is 1. The van der Waals surface area contributed by atoms with E-state index in [1.807, 2.05) is 5.10 Å². The van der Waals surface area contributed by atoms with Gasteiger partial charge in [-0.2, -0.15) is 31.4 Å². The van der Waals surface area contributed by atoms with Crippen LogP contribution in [0.2, 0.25) is 0 Å². The van der Waals surface area contributed by atoms with Gasteiger partial charge in [0.05, 0.1) is 11.3 Å². The SMILES string of the molecule is CC(NC1CC(C(=O)N2CCN(c3ncc(C(F)(F)F)cn3)CC2)C1)c1cc(C(F)(F)F)c(=O)[nH]n1. The first-order valence-electron chi connectivity index (χ1n) is 11.2. The van der Waals surface area contributed by atoms with Crippen molar-refractivity contribution >= 4 is 11.9 Å². The van der Waals surface area contributed by atoms with Crippen molar-refractivity contribution in [3.8, 4) is 0 Å². The number of aromatic amines is 1. The Morgan fingerprint density at radius 3 is 2.22 bits per heavy atom. The third kappa shape index (κ3) is 5.60. The van der Waals surface area contributed by atoms with E-state index < -0.39 is 35.1 Å². The van der Waals surface area contributed by atoms with Crippen LogP contribution in [0.25, 0.3) is 0 Å². The molecule has 1 aliphatic heterocycles. The largest absolute Gasteiger partial charge is 0.421 e. The van der Waals surface area contributed by atoms with Gasteiger partial charge in [-0.1, -0.05) is 0 Å². The van der Waals surface area contributed by atoms with Gasteiger partial charge in [0, 0.05) is 56.6 Å². The summed E-state index contributed by atoms with van der Waals surface area (Å²) in [6, 6.07) is 0.0487. The van der Waals surface area contributed by atoms with Crippen LogP contribution in [0.4, 0.5) is 32.3 Å². The van der Waals surface area contributed by atoms with Gasteiger partial charge in [0.2, 0.25) is 11.9 Å². The quantitative estimate of drug-likeness (QED) is 0.585. The van der Waals surface area contributed by atoms with Crippen molar-refractivity contribution in [2.75, 3.05) is 31.1 Å². The smallest absolute Gasteiger partial charge is 0.339 e. The number of carbonyl (C=O) groups is 1. The summed E-state index contributed by atoms with van der Waals surface area (Å²) in [6.07, 6.45) is -6.84. The molecule has 0 spiro atoms. The minimum absolute atomic E-state index is 0.0401. The van der Waals surface area contributed by atoms with Crippen molar-refractivity contribution in [1.82, 2.24) is 30.4 Å². The van der Waals surface area contributed by atoms with Crippen LogP contribution < -0.4 is 15.8 Å². The second-order valence-corrected chi connectivity index (χ2v) is 8.87. The highest BCUT2D eigenvalue weighted by atomic mass is 19.4. The highest BCUT2D eigenvalue weighted by Crippen LogP contribution is 2.33. The molecule has 2 aromatic rings. The molecule has 1 amide bonds. The van der Waals surface area contributed by atoms with Crippen molar-refractivity contribution in [3.05, 3.63) is 45.6 Å². The number of carbonyl (C=O) groups excluding carboxylic acids is 1. The lowest BCUT2D eigenvalue weighted by atomic mass is 9.78. The number of anilines is 1. The number of aromatic nitrogens is 4. The molecule has 2 aliphatic rings. The summed E-state index contributed by atoms with van der Waals surface area (Å²) in [5, 5.41) is 8.70. The fourth-order valence-corrected chi connectivity index (χ4v) is 4.26. The van der Waals surface area contributed by atoms with Crippen molar-refractivity contribution in [3.63, 3.8) is 0 Å². The van der Waals surface area contributed by atoms with Gasteiger partial charge in [0.25, 0.3) is 5.56 Å². The zero-order valence-corrected chi connectivity index (χ0v) is 19.0. The van der Waals surface area contributed by atoms with E-state index >= 15 is 0 Å². The van der Waals surface area contributed by atoms with Crippen LogP contribution in [0.3, 0.4) is 0 Å². The third-order valence-electron chi connectivity index (χ3n) is 6.39. The maximum absolute atomic E-state index is 13.0. The lowest BCUT2D eigenvalue weighted by molar-refractivity contribution is -0.140. The molecular weight excluding hydrogens is 496 g/mol. The van der Waals surface area contributed by atoms with E-state index in [4.69, 9.17) is 0 Å². The Bertz CT molecular complexity index is 1140. The fourth-order valence-electron chi connectivity index (χ4n) is 4.26. The summed E-state index contributed by atoms with van der Waals surface area (Å²) in [6.45, 7) is 3.12. The van der Waals surface area contributed by atoms with E-state index in [0.29, 0.717) is 39.0 Å².